The minimum atomic E-state index is -0.0789. The molecule has 0 saturated heterocycles. The summed E-state index contributed by atoms with van der Waals surface area (Å²) in [4.78, 5) is 18.0. The van der Waals surface area contributed by atoms with Gasteiger partial charge in [0, 0.05) is 24.3 Å². The number of hydrogen-bond acceptors (Lipinski definition) is 5. The van der Waals surface area contributed by atoms with Crippen molar-refractivity contribution in [1.82, 2.24) is 9.97 Å². The number of aromatic amines is 1. The first-order chi connectivity index (χ1) is 6.74. The van der Waals surface area contributed by atoms with E-state index in [0.29, 0.717) is 12.2 Å². The highest BCUT2D eigenvalue weighted by Crippen LogP contribution is 2.30. The standard InChI is InChI=1S/C8H12N2O2S2/c1-6(2-5-11)13-14-8(12)7-9-3-4-10-7/h3-4,6,11H,2,5H2,1H3,(H,9,10). The van der Waals surface area contributed by atoms with E-state index in [-0.39, 0.29) is 17.0 Å². The molecule has 1 aromatic rings. The number of nitrogens with one attached hydrogen (secondary N) is 1. The van der Waals surface area contributed by atoms with Gasteiger partial charge >= 0.3 is 0 Å². The number of aliphatic hydroxyl groups is 1. The quantitative estimate of drug-likeness (QED) is 0.756. The first kappa shape index (κ1) is 11.6. The van der Waals surface area contributed by atoms with Crippen molar-refractivity contribution in [3.05, 3.63) is 18.2 Å². The second kappa shape index (κ2) is 6.10. The molecule has 78 valence electrons. The van der Waals surface area contributed by atoms with Crippen LogP contribution in [0.25, 0.3) is 0 Å². The van der Waals surface area contributed by atoms with Crippen LogP contribution in [0.4, 0.5) is 0 Å². The molecule has 0 aromatic carbocycles. The van der Waals surface area contributed by atoms with Crippen LogP contribution in [-0.2, 0) is 0 Å². The molecule has 0 fully saturated rings. The highest BCUT2D eigenvalue weighted by Gasteiger charge is 2.11. The minimum Gasteiger partial charge on any atom is -0.396 e. The molecule has 0 radical (unpaired) electrons. The molecule has 14 heavy (non-hydrogen) atoms. The lowest BCUT2D eigenvalue weighted by atomic mass is 10.4. The maximum absolute atomic E-state index is 11.4. The molecule has 1 heterocycles. The van der Waals surface area contributed by atoms with Gasteiger partial charge in [-0.1, -0.05) is 17.7 Å². The van der Waals surface area contributed by atoms with Gasteiger partial charge in [-0.3, -0.25) is 4.79 Å². The monoisotopic (exact) mass is 232 g/mol. The number of rotatable bonds is 5. The van der Waals surface area contributed by atoms with E-state index in [1.165, 1.54) is 10.8 Å². The van der Waals surface area contributed by atoms with Gasteiger partial charge in [0.1, 0.15) is 0 Å². The smallest absolute Gasteiger partial charge is 0.265 e. The molecule has 0 aliphatic rings. The van der Waals surface area contributed by atoms with Crippen LogP contribution < -0.4 is 0 Å². The topological polar surface area (TPSA) is 66.0 Å². The van der Waals surface area contributed by atoms with Crippen molar-refractivity contribution >= 4 is 26.7 Å². The molecular formula is C8H12N2O2S2. The number of H-pyrrole nitrogens is 1. The predicted octanol–water partition coefficient (Wildman–Crippen LogP) is 1.70. The SMILES string of the molecule is CC(CCO)SSC(=O)c1ncc[nH]1. The lowest BCUT2D eigenvalue weighted by molar-refractivity contribution is 0.108. The first-order valence-electron chi connectivity index (χ1n) is 4.22. The normalized spacial score (nSPS) is 12.7. The highest BCUT2D eigenvalue weighted by atomic mass is 33.1. The summed E-state index contributed by atoms with van der Waals surface area (Å²) < 4.78 is 0. The minimum absolute atomic E-state index is 0.0789. The van der Waals surface area contributed by atoms with E-state index in [1.54, 1.807) is 12.4 Å². The molecule has 6 heteroatoms. The van der Waals surface area contributed by atoms with Gasteiger partial charge in [-0.2, -0.15) is 0 Å². The van der Waals surface area contributed by atoms with Crippen molar-refractivity contribution < 1.29 is 9.90 Å². The first-order valence-corrected chi connectivity index (χ1v) is 6.43. The van der Waals surface area contributed by atoms with Gasteiger partial charge in [0.25, 0.3) is 5.12 Å². The number of hydrogen-bond donors (Lipinski definition) is 2. The molecule has 1 rings (SSSR count). The van der Waals surface area contributed by atoms with Gasteiger partial charge in [0.05, 0.1) is 0 Å². The lowest BCUT2D eigenvalue weighted by Crippen LogP contribution is -2.00. The second-order valence-corrected chi connectivity index (χ2v) is 5.34. The van der Waals surface area contributed by atoms with Crippen LogP contribution in [0.15, 0.2) is 12.4 Å². The van der Waals surface area contributed by atoms with Gasteiger partial charge in [-0.25, -0.2) is 4.98 Å². The maximum atomic E-state index is 11.4. The molecule has 0 spiro atoms. The fraction of sp³-hybridized carbons (Fsp3) is 0.500. The maximum Gasteiger partial charge on any atom is 0.265 e. The Balaban J connectivity index is 2.28. The van der Waals surface area contributed by atoms with E-state index >= 15 is 0 Å². The predicted molar refractivity (Wildman–Crippen MR) is 59.3 cm³/mol. The van der Waals surface area contributed by atoms with E-state index in [0.717, 1.165) is 10.8 Å². The highest BCUT2D eigenvalue weighted by molar-refractivity contribution is 8.82. The molecule has 0 aliphatic carbocycles. The Hall–Kier alpha value is -0.460. The Morgan fingerprint density at radius 2 is 2.57 bits per heavy atom. The molecule has 0 amide bonds. The molecule has 0 aliphatic heterocycles. The van der Waals surface area contributed by atoms with Gasteiger partial charge < -0.3 is 10.1 Å². The summed E-state index contributed by atoms with van der Waals surface area (Å²) in [6.07, 6.45) is 3.87. The van der Waals surface area contributed by atoms with E-state index in [9.17, 15) is 4.79 Å². The van der Waals surface area contributed by atoms with Crippen molar-refractivity contribution in [3.63, 3.8) is 0 Å². The van der Waals surface area contributed by atoms with Gasteiger partial charge in [0.2, 0.25) is 0 Å². The average Bonchev–Trinajstić information content (AvgIpc) is 2.67. The summed E-state index contributed by atoms with van der Waals surface area (Å²) in [5, 5.41) is 8.85. The second-order valence-electron chi connectivity index (χ2n) is 2.73. The zero-order valence-corrected chi connectivity index (χ0v) is 9.40. The van der Waals surface area contributed by atoms with E-state index in [2.05, 4.69) is 9.97 Å². The Morgan fingerprint density at radius 1 is 1.79 bits per heavy atom. The summed E-state index contributed by atoms with van der Waals surface area (Å²) in [6.45, 7) is 2.13. The van der Waals surface area contributed by atoms with Gasteiger partial charge in [0.15, 0.2) is 5.82 Å². The van der Waals surface area contributed by atoms with Crippen LogP contribution in [0, 0.1) is 0 Å². The molecule has 1 aromatic heterocycles. The molecule has 0 bridgehead atoms. The van der Waals surface area contributed by atoms with Crippen molar-refractivity contribution in [2.24, 2.45) is 0 Å². The molecule has 1 unspecified atom stereocenters. The number of carbonyl (C=O) groups is 1. The largest absolute Gasteiger partial charge is 0.396 e. The number of nitrogens with zero attached hydrogens (tertiary/aromatic N) is 1. The van der Waals surface area contributed by atoms with Crippen LogP contribution >= 0.6 is 21.6 Å². The van der Waals surface area contributed by atoms with Crippen molar-refractivity contribution in [1.29, 1.82) is 0 Å². The van der Waals surface area contributed by atoms with E-state index in [1.807, 2.05) is 6.92 Å². The lowest BCUT2D eigenvalue weighted by Gasteiger charge is -2.05. The van der Waals surface area contributed by atoms with E-state index < -0.39 is 0 Å². The third-order valence-corrected chi connectivity index (χ3v) is 4.25. The summed E-state index contributed by atoms with van der Waals surface area (Å²) in [6, 6.07) is 0. The van der Waals surface area contributed by atoms with Crippen LogP contribution in [-0.4, -0.2) is 32.0 Å². The van der Waals surface area contributed by atoms with Gasteiger partial charge in [-0.15, -0.1) is 0 Å². The Labute approximate surface area is 90.3 Å². The summed E-state index contributed by atoms with van der Waals surface area (Å²) in [5.74, 6) is 0.374. The third-order valence-electron chi connectivity index (χ3n) is 1.52. The van der Waals surface area contributed by atoms with Crippen molar-refractivity contribution in [2.45, 2.75) is 18.6 Å². The zero-order chi connectivity index (χ0) is 10.4. The number of carbonyl (C=O) groups excluding carboxylic acids is 1. The van der Waals surface area contributed by atoms with Crippen LogP contribution in [0.1, 0.15) is 24.0 Å². The summed E-state index contributed by atoms with van der Waals surface area (Å²) >= 11 is 0. The van der Waals surface area contributed by atoms with Crippen molar-refractivity contribution in [3.8, 4) is 0 Å². The fourth-order valence-electron chi connectivity index (χ4n) is 0.772. The van der Waals surface area contributed by atoms with Gasteiger partial charge in [-0.05, 0) is 17.2 Å². The van der Waals surface area contributed by atoms with Crippen molar-refractivity contribution in [2.75, 3.05) is 6.61 Å². The number of aromatic nitrogens is 2. The van der Waals surface area contributed by atoms with Crippen LogP contribution in [0.3, 0.4) is 0 Å². The zero-order valence-electron chi connectivity index (χ0n) is 7.77. The average molecular weight is 232 g/mol. The summed E-state index contributed by atoms with van der Waals surface area (Å²) in [7, 11) is 2.61. The summed E-state index contributed by atoms with van der Waals surface area (Å²) in [5.41, 5.74) is 0. The Bertz CT molecular complexity index is 277. The fourth-order valence-corrected chi connectivity index (χ4v) is 2.70. The Morgan fingerprint density at radius 3 is 3.14 bits per heavy atom. The van der Waals surface area contributed by atoms with Crippen LogP contribution in [0.2, 0.25) is 0 Å². The third kappa shape index (κ3) is 3.73. The molecule has 1 atom stereocenters. The number of imidazole rings is 1. The van der Waals surface area contributed by atoms with Crippen LogP contribution in [0.5, 0.6) is 0 Å². The van der Waals surface area contributed by atoms with E-state index in [4.69, 9.17) is 5.11 Å². The molecule has 2 N–H and O–H groups in total. The Kier molecular flexibility index (Phi) is 5.06. The number of aliphatic hydroxyl groups excluding tert-OH is 1. The molecule has 0 saturated carbocycles. The molecule has 4 nitrogen and oxygen atoms in total. The molecular weight excluding hydrogens is 220 g/mol.